The number of nitrogens with one attached hydrogen (secondary N) is 1. The van der Waals surface area contributed by atoms with E-state index in [-0.39, 0.29) is 22.9 Å². The van der Waals surface area contributed by atoms with Gasteiger partial charge >= 0.3 is 0 Å². The number of fused-ring (bicyclic) bond motifs is 3. The Kier molecular flexibility index (Phi) is 15.1. The third kappa shape index (κ3) is 10.3. The average molecular weight is 1240 g/mol. The molecule has 3 saturated heterocycles. The van der Waals surface area contributed by atoms with Crippen molar-refractivity contribution in [2.24, 2.45) is 0 Å². The van der Waals surface area contributed by atoms with Gasteiger partial charge in [-0.25, -0.2) is 33.1 Å². The SMILES string of the molecule is COc1c(F)cccc1-c1cn(-c2cc(F)c(OC)c(-c3cn(-c4ccc(-c5c[nH]c6ncc(-c7cnc(N8CCOCC8)s7)cc56)c(OC)c4F)c4ncc(-c5ccc(CN6CCCCC6)s5)cc34)c2)c2ncc(-c3ccc(CN4CCCC4)s3)cc12. The first-order chi connectivity index (χ1) is 43.2. The van der Waals surface area contributed by atoms with Crippen LogP contribution in [0.4, 0.5) is 18.3 Å². The third-order valence-electron chi connectivity index (χ3n) is 17.3. The van der Waals surface area contributed by atoms with Crippen molar-refractivity contribution in [3.8, 4) is 93.3 Å². The molecule has 3 aliphatic heterocycles. The van der Waals surface area contributed by atoms with Crippen molar-refractivity contribution in [2.45, 2.75) is 45.2 Å². The van der Waals surface area contributed by atoms with Crippen molar-refractivity contribution in [1.82, 2.24) is 43.9 Å². The number of H-pyrrole nitrogens is 1. The summed E-state index contributed by atoms with van der Waals surface area (Å²) in [4.78, 5) is 35.8. The molecule has 0 spiro atoms. The lowest BCUT2D eigenvalue weighted by atomic mass is 10.0. The molecule has 1 N–H and O–H groups in total. The Labute approximate surface area is 518 Å². The number of nitrogens with zero attached hydrogens (tertiary/aromatic N) is 9. The number of anilines is 1. The first kappa shape index (κ1) is 56.2. The number of piperidine rings is 1. The van der Waals surface area contributed by atoms with E-state index in [1.807, 2.05) is 72.1 Å². The van der Waals surface area contributed by atoms with E-state index in [1.54, 1.807) is 56.9 Å². The number of aromatic amines is 1. The number of hydrogen-bond donors (Lipinski definition) is 1. The molecule has 12 aromatic rings. The molecule has 0 aliphatic carbocycles. The number of hydrogen-bond acceptors (Lipinski definition) is 14. The quantitative estimate of drug-likeness (QED) is 0.0994. The van der Waals surface area contributed by atoms with Crippen LogP contribution < -0.4 is 19.1 Å². The van der Waals surface area contributed by atoms with Gasteiger partial charge in [-0.15, -0.1) is 22.7 Å². The highest BCUT2D eigenvalue weighted by Crippen LogP contribution is 2.47. The highest BCUT2D eigenvalue weighted by Gasteiger charge is 2.28. The van der Waals surface area contributed by atoms with Crippen molar-refractivity contribution < 1.29 is 32.1 Å². The summed E-state index contributed by atoms with van der Waals surface area (Å²) < 4.78 is 77.9. The maximum Gasteiger partial charge on any atom is 0.189 e. The van der Waals surface area contributed by atoms with Gasteiger partial charge in [-0.2, -0.15) is 0 Å². The summed E-state index contributed by atoms with van der Waals surface area (Å²) in [5, 5.41) is 3.05. The van der Waals surface area contributed by atoms with Gasteiger partial charge in [0.1, 0.15) is 16.9 Å². The molecular weight excluding hydrogens is 1170 g/mol. The number of rotatable bonds is 16. The summed E-state index contributed by atoms with van der Waals surface area (Å²) in [5.41, 5.74) is 8.06. The topological polar surface area (TPSA) is 124 Å². The number of likely N-dealkylation sites (tertiary alicyclic amines) is 2. The van der Waals surface area contributed by atoms with Crippen LogP contribution in [-0.4, -0.2) is 118 Å². The predicted molar refractivity (Wildman–Crippen MR) is 346 cm³/mol. The van der Waals surface area contributed by atoms with E-state index in [0.29, 0.717) is 80.0 Å². The molecule has 0 bridgehead atoms. The molecule has 3 aromatic carbocycles. The Balaban J connectivity index is 0.866. The number of benzene rings is 3. The molecule has 20 heteroatoms. The molecule has 12 heterocycles. The van der Waals surface area contributed by atoms with Crippen molar-refractivity contribution >= 4 is 72.2 Å². The molecule has 14 nitrogen and oxygen atoms in total. The maximum absolute atomic E-state index is 17.9. The van der Waals surface area contributed by atoms with E-state index in [2.05, 4.69) is 50.0 Å². The number of halogens is 3. The van der Waals surface area contributed by atoms with E-state index in [4.69, 9.17) is 38.9 Å². The highest BCUT2D eigenvalue weighted by molar-refractivity contribution is 7.19. The molecule has 3 fully saturated rings. The van der Waals surface area contributed by atoms with Crippen LogP contribution in [-0.2, 0) is 17.8 Å². The number of thiophene rings is 2. The molecule has 0 radical (unpaired) electrons. The van der Waals surface area contributed by atoms with Crippen molar-refractivity contribution in [3.63, 3.8) is 0 Å². The van der Waals surface area contributed by atoms with Gasteiger partial charge < -0.3 is 33.4 Å². The standard InChI is InChI=1S/C68H61F3N10O4S3/c1-82-62-46(10-9-11-55(62)69)53-38-80(66-50(53)27-40(32-74-66)58-16-13-45(87-58)37-78-20-7-8-21-78)43-29-48(63(83-2)56(70)30-43)54-39-81(67-51(54)28-41(33-75-67)59-17-12-44(86-59)36-77-18-5-4-6-19-77)57-15-14-47(64(84-3)61(57)71)52-34-73-65-49(52)26-42(31-72-65)60-35-76-68(88-60)79-22-24-85-25-23-79/h9-17,26-35,38-39H,4-8,18-25,36-37H2,1-3H3,(H,72,73). The molecule has 9 aromatic heterocycles. The Morgan fingerprint density at radius 2 is 1.10 bits per heavy atom. The van der Waals surface area contributed by atoms with Crippen LogP contribution >= 0.6 is 34.0 Å². The van der Waals surface area contributed by atoms with Gasteiger partial charge in [-0.3, -0.25) is 14.4 Å². The fourth-order valence-corrected chi connectivity index (χ4v) is 15.9. The third-order valence-corrected chi connectivity index (χ3v) is 20.6. The minimum absolute atomic E-state index is 0.0177. The number of thiazole rings is 1. The van der Waals surface area contributed by atoms with Crippen LogP contribution in [0.3, 0.4) is 0 Å². The van der Waals surface area contributed by atoms with Crippen LogP contribution in [0.15, 0.2) is 128 Å². The smallest absolute Gasteiger partial charge is 0.189 e. The summed E-state index contributed by atoms with van der Waals surface area (Å²) in [6, 6.07) is 26.5. The average Bonchev–Trinajstić information content (AvgIpc) is 2.03. The minimum atomic E-state index is -0.644. The second-order valence-corrected chi connectivity index (χ2v) is 26.0. The zero-order chi connectivity index (χ0) is 59.6. The van der Waals surface area contributed by atoms with Gasteiger partial charge in [0, 0.05) is 161 Å². The van der Waals surface area contributed by atoms with Gasteiger partial charge in [0.15, 0.2) is 39.8 Å². The van der Waals surface area contributed by atoms with E-state index in [9.17, 15) is 0 Å². The normalized spacial score (nSPS) is 15.2. The van der Waals surface area contributed by atoms with Crippen molar-refractivity contribution in [3.05, 3.63) is 156 Å². The zero-order valence-corrected chi connectivity index (χ0v) is 51.2. The Morgan fingerprint density at radius 3 is 1.78 bits per heavy atom. The van der Waals surface area contributed by atoms with Crippen LogP contribution in [0.2, 0.25) is 0 Å². The van der Waals surface area contributed by atoms with Gasteiger partial charge in [-0.1, -0.05) is 29.9 Å². The minimum Gasteiger partial charge on any atom is -0.493 e. The first-order valence-electron chi connectivity index (χ1n) is 29.7. The van der Waals surface area contributed by atoms with Crippen LogP contribution in [0, 0.1) is 17.5 Å². The monoisotopic (exact) mass is 1230 g/mol. The second-order valence-electron chi connectivity index (χ2n) is 22.6. The fourth-order valence-electron chi connectivity index (χ4n) is 12.9. The van der Waals surface area contributed by atoms with Crippen LogP contribution in [0.25, 0.3) is 109 Å². The summed E-state index contributed by atoms with van der Waals surface area (Å²) in [7, 11) is 4.35. The Morgan fingerprint density at radius 1 is 0.511 bits per heavy atom. The van der Waals surface area contributed by atoms with Gasteiger partial charge in [0.05, 0.1) is 50.8 Å². The predicted octanol–water partition coefficient (Wildman–Crippen LogP) is 15.7. The number of pyridine rings is 3. The lowest BCUT2D eigenvalue weighted by Crippen LogP contribution is -2.36. The summed E-state index contributed by atoms with van der Waals surface area (Å²) >= 11 is 5.05. The summed E-state index contributed by atoms with van der Waals surface area (Å²) in [5.74, 6) is -1.72. The lowest BCUT2D eigenvalue weighted by molar-refractivity contribution is 0.122. The second kappa shape index (κ2) is 23.6. The number of aromatic nitrogens is 7. The van der Waals surface area contributed by atoms with Gasteiger partial charge in [0.2, 0.25) is 0 Å². The number of ether oxygens (including phenoxy) is 4. The van der Waals surface area contributed by atoms with E-state index < -0.39 is 17.5 Å². The molecule has 446 valence electrons. The van der Waals surface area contributed by atoms with Crippen molar-refractivity contribution in [1.29, 1.82) is 0 Å². The van der Waals surface area contributed by atoms with Crippen LogP contribution in [0.1, 0.15) is 41.9 Å². The lowest BCUT2D eigenvalue weighted by Gasteiger charge is -2.25. The number of methoxy groups -OCH3 is 3. The summed E-state index contributed by atoms with van der Waals surface area (Å²) in [6.07, 6.45) is 18.9. The Hall–Kier alpha value is -8.37. The molecule has 0 atom stereocenters. The zero-order valence-electron chi connectivity index (χ0n) is 48.7. The highest BCUT2D eigenvalue weighted by atomic mass is 32.1. The summed E-state index contributed by atoms with van der Waals surface area (Å²) in [6.45, 7) is 8.97. The van der Waals surface area contributed by atoms with Crippen molar-refractivity contribution in [2.75, 3.05) is 78.7 Å². The maximum atomic E-state index is 17.9. The molecule has 3 aliphatic rings. The van der Waals surface area contributed by atoms with E-state index >= 15 is 13.2 Å². The molecular formula is C68H61F3N10O4S3. The molecule has 88 heavy (non-hydrogen) atoms. The fraction of sp³-hybridized carbons (Fsp3) is 0.265. The molecule has 0 amide bonds. The van der Waals surface area contributed by atoms with Crippen LogP contribution in [0.5, 0.6) is 17.2 Å². The van der Waals surface area contributed by atoms with Gasteiger partial charge in [-0.05, 0) is 119 Å². The van der Waals surface area contributed by atoms with E-state index in [1.165, 1.54) is 75.3 Å². The first-order valence-corrected chi connectivity index (χ1v) is 32.1. The van der Waals surface area contributed by atoms with E-state index in [0.717, 1.165) is 94.2 Å². The number of morpholine rings is 1. The Bertz CT molecular complexity index is 4600. The molecule has 0 unspecified atom stereocenters. The van der Waals surface area contributed by atoms with Gasteiger partial charge in [0.25, 0.3) is 0 Å². The molecule has 0 saturated carbocycles. The largest absolute Gasteiger partial charge is 0.493 e. The number of para-hydroxylation sites is 1. The molecule has 15 rings (SSSR count).